The van der Waals surface area contributed by atoms with E-state index in [-0.39, 0.29) is 12.2 Å². The molecule has 2 aromatic carbocycles. The fourth-order valence-electron chi connectivity index (χ4n) is 3.85. The molecule has 0 spiro atoms. The van der Waals surface area contributed by atoms with Crippen molar-refractivity contribution in [2.45, 2.75) is 43.3 Å². The first-order valence-corrected chi connectivity index (χ1v) is 11.7. The van der Waals surface area contributed by atoms with Crippen LogP contribution in [0.15, 0.2) is 29.2 Å². The van der Waals surface area contributed by atoms with Crippen LogP contribution in [0.2, 0.25) is 0 Å². The molecule has 170 valence electrons. The summed E-state index contributed by atoms with van der Waals surface area (Å²) < 4.78 is 34.5. The van der Waals surface area contributed by atoms with Crippen molar-refractivity contribution in [1.29, 1.82) is 0 Å². The number of methoxy groups -OCH3 is 4. The molecule has 0 aromatic heterocycles. The number of thioether (sulfide) groups is 1. The Bertz CT molecular complexity index is 834. The summed E-state index contributed by atoms with van der Waals surface area (Å²) in [7, 11) is 6.53. The molecule has 1 aliphatic rings. The third-order valence-electron chi connectivity index (χ3n) is 5.38. The fraction of sp³-hybridized carbons (Fsp3) is 0.500. The van der Waals surface area contributed by atoms with Gasteiger partial charge in [0.15, 0.2) is 23.0 Å². The van der Waals surface area contributed by atoms with E-state index in [1.807, 2.05) is 24.5 Å². The van der Waals surface area contributed by atoms with Gasteiger partial charge in [0.05, 0.1) is 52.1 Å². The van der Waals surface area contributed by atoms with Crippen LogP contribution in [0.5, 0.6) is 28.7 Å². The third kappa shape index (κ3) is 4.99. The first-order chi connectivity index (χ1) is 15.1. The SMILES string of the molecule is CCCOc1c(OC)cc([C@H]2CC[C@H](c3cc(OC)c(OC)c(OC)c3)O2)cc1SC. The molecule has 7 heteroatoms. The van der Waals surface area contributed by atoms with Crippen molar-refractivity contribution in [3.8, 4) is 28.7 Å². The molecule has 0 amide bonds. The molecule has 0 aliphatic carbocycles. The molecule has 0 bridgehead atoms. The highest BCUT2D eigenvalue weighted by Gasteiger charge is 2.30. The van der Waals surface area contributed by atoms with Gasteiger partial charge < -0.3 is 28.4 Å². The van der Waals surface area contributed by atoms with E-state index in [9.17, 15) is 0 Å². The average Bonchev–Trinajstić information content (AvgIpc) is 3.31. The van der Waals surface area contributed by atoms with Crippen LogP contribution in [0, 0.1) is 0 Å². The summed E-state index contributed by atoms with van der Waals surface area (Å²) in [5.41, 5.74) is 2.11. The monoisotopic (exact) mass is 448 g/mol. The molecule has 0 N–H and O–H groups in total. The van der Waals surface area contributed by atoms with Crippen LogP contribution in [-0.4, -0.2) is 41.3 Å². The summed E-state index contributed by atoms with van der Waals surface area (Å²) in [4.78, 5) is 1.06. The van der Waals surface area contributed by atoms with Crippen molar-refractivity contribution in [3.63, 3.8) is 0 Å². The second-order valence-corrected chi connectivity index (χ2v) is 8.10. The van der Waals surface area contributed by atoms with Crippen LogP contribution < -0.4 is 23.7 Å². The van der Waals surface area contributed by atoms with E-state index in [1.54, 1.807) is 40.2 Å². The van der Waals surface area contributed by atoms with Gasteiger partial charge >= 0.3 is 0 Å². The normalized spacial score (nSPS) is 18.0. The standard InChI is InChI=1S/C24H32O6S/c1-7-10-29-24-21(27-4)13-16(14-22(24)31-6)18-9-8-17(30-18)15-11-19(25-2)23(28-5)20(12-15)26-3/h11-14,17-18H,7-10H2,1-6H3/t17-,18-/m1/s1. The molecule has 0 saturated carbocycles. The maximum atomic E-state index is 6.47. The fourth-order valence-corrected chi connectivity index (χ4v) is 4.45. The van der Waals surface area contributed by atoms with E-state index < -0.39 is 0 Å². The Labute approximate surface area is 189 Å². The zero-order chi connectivity index (χ0) is 22.4. The Morgan fingerprint density at radius 1 is 0.806 bits per heavy atom. The second kappa shape index (κ2) is 10.9. The van der Waals surface area contributed by atoms with Gasteiger partial charge in [-0.15, -0.1) is 11.8 Å². The number of ether oxygens (including phenoxy) is 6. The molecule has 2 aromatic rings. The van der Waals surface area contributed by atoms with Gasteiger partial charge in [-0.25, -0.2) is 0 Å². The number of benzene rings is 2. The zero-order valence-electron chi connectivity index (χ0n) is 19.2. The predicted octanol–water partition coefficient (Wildman–Crippen LogP) is 5.82. The van der Waals surface area contributed by atoms with Gasteiger partial charge in [-0.2, -0.15) is 0 Å². The average molecular weight is 449 g/mol. The summed E-state index contributed by atoms with van der Waals surface area (Å²) in [6.07, 6.45) is 4.72. The Morgan fingerprint density at radius 3 is 1.77 bits per heavy atom. The Morgan fingerprint density at radius 2 is 1.32 bits per heavy atom. The van der Waals surface area contributed by atoms with Gasteiger partial charge in [0.2, 0.25) is 5.75 Å². The Hall–Kier alpha value is -2.25. The molecule has 6 nitrogen and oxygen atoms in total. The summed E-state index contributed by atoms with van der Waals surface area (Å²) in [6.45, 7) is 2.75. The number of hydrogen-bond acceptors (Lipinski definition) is 7. The van der Waals surface area contributed by atoms with Crippen LogP contribution in [0.4, 0.5) is 0 Å². The van der Waals surface area contributed by atoms with Crippen molar-refractivity contribution in [1.82, 2.24) is 0 Å². The molecule has 3 rings (SSSR count). The van der Waals surface area contributed by atoms with Crippen LogP contribution >= 0.6 is 11.8 Å². The van der Waals surface area contributed by atoms with Crippen LogP contribution in [-0.2, 0) is 4.74 Å². The molecular weight excluding hydrogens is 416 g/mol. The van der Waals surface area contributed by atoms with Crippen molar-refractivity contribution in [2.75, 3.05) is 41.3 Å². The Kier molecular flexibility index (Phi) is 8.21. The molecule has 0 radical (unpaired) electrons. The highest BCUT2D eigenvalue weighted by molar-refractivity contribution is 7.98. The second-order valence-electron chi connectivity index (χ2n) is 7.25. The van der Waals surface area contributed by atoms with E-state index in [0.29, 0.717) is 23.9 Å². The highest BCUT2D eigenvalue weighted by Crippen LogP contribution is 2.48. The molecular formula is C24H32O6S. The van der Waals surface area contributed by atoms with Gasteiger partial charge in [0.1, 0.15) is 0 Å². The lowest BCUT2D eigenvalue weighted by Crippen LogP contribution is -2.04. The molecule has 1 saturated heterocycles. The van der Waals surface area contributed by atoms with E-state index in [0.717, 1.165) is 46.8 Å². The summed E-state index contributed by atoms with van der Waals surface area (Å²) in [6, 6.07) is 8.11. The molecule has 1 aliphatic heterocycles. The predicted molar refractivity (Wildman–Crippen MR) is 122 cm³/mol. The minimum atomic E-state index is -0.0570. The first kappa shape index (κ1) is 23.4. The van der Waals surface area contributed by atoms with Gasteiger partial charge in [0.25, 0.3) is 0 Å². The van der Waals surface area contributed by atoms with Gasteiger partial charge in [-0.3, -0.25) is 0 Å². The van der Waals surface area contributed by atoms with Crippen molar-refractivity contribution in [3.05, 3.63) is 35.4 Å². The maximum Gasteiger partial charge on any atom is 0.203 e. The van der Waals surface area contributed by atoms with Crippen LogP contribution in [0.1, 0.15) is 49.5 Å². The molecule has 31 heavy (non-hydrogen) atoms. The highest BCUT2D eigenvalue weighted by atomic mass is 32.2. The van der Waals surface area contributed by atoms with E-state index in [4.69, 9.17) is 28.4 Å². The van der Waals surface area contributed by atoms with Crippen molar-refractivity contribution < 1.29 is 28.4 Å². The first-order valence-electron chi connectivity index (χ1n) is 10.4. The van der Waals surface area contributed by atoms with Gasteiger partial charge in [-0.1, -0.05) is 6.92 Å². The largest absolute Gasteiger partial charge is 0.493 e. The van der Waals surface area contributed by atoms with E-state index in [2.05, 4.69) is 13.0 Å². The van der Waals surface area contributed by atoms with Gasteiger partial charge in [-0.05, 0) is 60.9 Å². The minimum Gasteiger partial charge on any atom is -0.493 e. The number of hydrogen-bond donors (Lipinski definition) is 0. The third-order valence-corrected chi connectivity index (χ3v) is 6.13. The lowest BCUT2D eigenvalue weighted by atomic mass is 10.0. The minimum absolute atomic E-state index is 0.0240. The van der Waals surface area contributed by atoms with E-state index in [1.165, 1.54) is 0 Å². The number of rotatable bonds is 10. The maximum absolute atomic E-state index is 6.47. The summed E-state index contributed by atoms with van der Waals surface area (Å²) in [5.74, 6) is 3.40. The van der Waals surface area contributed by atoms with Crippen molar-refractivity contribution in [2.24, 2.45) is 0 Å². The topological polar surface area (TPSA) is 55.4 Å². The summed E-state index contributed by atoms with van der Waals surface area (Å²) in [5, 5.41) is 0. The Balaban J connectivity index is 1.87. The van der Waals surface area contributed by atoms with E-state index >= 15 is 0 Å². The molecule has 1 fully saturated rings. The quantitative estimate of drug-likeness (QED) is 0.424. The molecule has 0 unspecified atom stereocenters. The zero-order valence-corrected chi connectivity index (χ0v) is 20.0. The summed E-state index contributed by atoms with van der Waals surface area (Å²) >= 11 is 1.65. The van der Waals surface area contributed by atoms with Gasteiger partial charge in [0, 0.05) is 0 Å². The lowest BCUT2D eigenvalue weighted by Gasteiger charge is -2.20. The molecule has 2 atom stereocenters. The van der Waals surface area contributed by atoms with Crippen LogP contribution in [0.25, 0.3) is 0 Å². The van der Waals surface area contributed by atoms with Crippen molar-refractivity contribution >= 4 is 11.8 Å². The molecule has 1 heterocycles. The smallest absolute Gasteiger partial charge is 0.203 e. The lowest BCUT2D eigenvalue weighted by molar-refractivity contribution is 0.0435. The van der Waals surface area contributed by atoms with Crippen LogP contribution in [0.3, 0.4) is 0 Å².